The summed E-state index contributed by atoms with van der Waals surface area (Å²) in [6, 6.07) is 6.67. The molecule has 0 radical (unpaired) electrons. The monoisotopic (exact) mass is 218 g/mol. The second-order valence-electron chi connectivity index (χ2n) is 3.96. The molecule has 16 heavy (non-hydrogen) atoms. The van der Waals surface area contributed by atoms with E-state index in [0.717, 1.165) is 17.9 Å². The van der Waals surface area contributed by atoms with Gasteiger partial charge in [0.05, 0.1) is 0 Å². The van der Waals surface area contributed by atoms with Crippen molar-refractivity contribution in [3.63, 3.8) is 0 Å². The highest BCUT2D eigenvalue weighted by molar-refractivity contribution is 5.48. The Labute approximate surface area is 99.0 Å². The van der Waals surface area contributed by atoms with Gasteiger partial charge in [0.1, 0.15) is 5.82 Å². The topological polar surface area (TPSA) is 16.1 Å². The zero-order valence-corrected chi connectivity index (χ0v) is 10.8. The van der Waals surface area contributed by atoms with Crippen LogP contribution in [0.25, 0.3) is 0 Å². The molecule has 0 bridgehead atoms. The number of allylic oxidation sites excluding steroid dienone is 1. The Bertz CT molecular complexity index is 358. The van der Waals surface area contributed by atoms with E-state index in [4.69, 9.17) is 0 Å². The molecule has 2 rings (SSSR count). The number of anilines is 1. The van der Waals surface area contributed by atoms with E-state index in [-0.39, 0.29) is 0 Å². The van der Waals surface area contributed by atoms with Crippen LogP contribution in [0.15, 0.2) is 30.5 Å². The van der Waals surface area contributed by atoms with Crippen molar-refractivity contribution in [3.8, 4) is 0 Å². The molecule has 1 fully saturated rings. The summed E-state index contributed by atoms with van der Waals surface area (Å²) in [6.45, 7) is 12.3. The maximum Gasteiger partial charge on any atom is 0.133 e. The molecule has 1 saturated heterocycles. The van der Waals surface area contributed by atoms with Crippen LogP contribution in [0.4, 0.5) is 5.82 Å². The van der Waals surface area contributed by atoms with Gasteiger partial charge in [-0.2, -0.15) is 0 Å². The highest BCUT2D eigenvalue weighted by Crippen LogP contribution is 2.30. The van der Waals surface area contributed by atoms with E-state index in [9.17, 15) is 0 Å². The molecule has 0 aliphatic carbocycles. The van der Waals surface area contributed by atoms with Gasteiger partial charge in [-0.1, -0.05) is 26.5 Å². The van der Waals surface area contributed by atoms with E-state index >= 15 is 0 Å². The number of hydrogen-bond acceptors (Lipinski definition) is 2. The van der Waals surface area contributed by atoms with Gasteiger partial charge >= 0.3 is 0 Å². The Morgan fingerprint density at radius 3 is 2.56 bits per heavy atom. The smallest absolute Gasteiger partial charge is 0.133 e. The van der Waals surface area contributed by atoms with Gasteiger partial charge < -0.3 is 4.90 Å². The molecule has 0 amide bonds. The number of pyridine rings is 1. The lowest BCUT2D eigenvalue weighted by Crippen LogP contribution is -2.25. The largest absolute Gasteiger partial charge is 0.328 e. The van der Waals surface area contributed by atoms with Crippen molar-refractivity contribution in [1.82, 2.24) is 4.98 Å². The third kappa shape index (κ3) is 2.63. The zero-order valence-electron chi connectivity index (χ0n) is 10.8. The average molecular weight is 218 g/mol. The normalized spacial score (nSPS) is 19.4. The predicted octanol–water partition coefficient (Wildman–Crippen LogP) is 3.92. The quantitative estimate of drug-likeness (QED) is 0.710. The SMILES string of the molecule is C=C1CCC(C)N1c1cccc(C)n1.CC. The van der Waals surface area contributed by atoms with Crippen molar-refractivity contribution in [2.75, 3.05) is 4.90 Å². The van der Waals surface area contributed by atoms with Crippen molar-refractivity contribution in [2.45, 2.75) is 46.6 Å². The summed E-state index contributed by atoms with van der Waals surface area (Å²) >= 11 is 0. The molecule has 2 heteroatoms. The van der Waals surface area contributed by atoms with Crippen molar-refractivity contribution in [2.24, 2.45) is 0 Å². The number of aryl methyl sites for hydroxylation is 1. The van der Waals surface area contributed by atoms with Gasteiger partial charge in [-0.25, -0.2) is 4.98 Å². The second-order valence-corrected chi connectivity index (χ2v) is 3.96. The molecule has 2 heterocycles. The van der Waals surface area contributed by atoms with Crippen molar-refractivity contribution >= 4 is 5.82 Å². The van der Waals surface area contributed by atoms with Gasteiger partial charge in [0.25, 0.3) is 0 Å². The van der Waals surface area contributed by atoms with E-state index in [1.54, 1.807) is 0 Å². The van der Waals surface area contributed by atoms with Crippen LogP contribution in [0.2, 0.25) is 0 Å². The van der Waals surface area contributed by atoms with Gasteiger partial charge in [-0.15, -0.1) is 0 Å². The van der Waals surface area contributed by atoms with Crippen LogP contribution in [0.1, 0.15) is 39.3 Å². The summed E-state index contributed by atoms with van der Waals surface area (Å²) in [6.07, 6.45) is 2.28. The molecule has 0 N–H and O–H groups in total. The third-order valence-corrected chi connectivity index (χ3v) is 2.75. The maximum atomic E-state index is 4.52. The van der Waals surface area contributed by atoms with Gasteiger partial charge in [0.2, 0.25) is 0 Å². The summed E-state index contributed by atoms with van der Waals surface area (Å²) in [5.74, 6) is 1.04. The molecule has 1 aromatic heterocycles. The number of hydrogen-bond donors (Lipinski definition) is 0. The molecule has 0 saturated carbocycles. The Balaban J connectivity index is 0.000000606. The number of rotatable bonds is 1. The van der Waals surface area contributed by atoms with Crippen LogP contribution in [0.5, 0.6) is 0 Å². The van der Waals surface area contributed by atoms with E-state index < -0.39 is 0 Å². The second kappa shape index (κ2) is 5.69. The number of nitrogens with zero attached hydrogens (tertiary/aromatic N) is 2. The molecule has 1 aromatic rings. The highest BCUT2D eigenvalue weighted by atomic mass is 15.2. The first-order valence-electron chi connectivity index (χ1n) is 6.09. The zero-order chi connectivity index (χ0) is 12.1. The van der Waals surface area contributed by atoms with Crippen LogP contribution >= 0.6 is 0 Å². The Hall–Kier alpha value is -1.31. The third-order valence-electron chi connectivity index (χ3n) is 2.75. The van der Waals surface area contributed by atoms with Crippen LogP contribution in [-0.4, -0.2) is 11.0 Å². The predicted molar refractivity (Wildman–Crippen MR) is 70.6 cm³/mol. The van der Waals surface area contributed by atoms with Gasteiger partial charge in [-0.05, 0) is 38.8 Å². The molecule has 1 aliphatic heterocycles. The Kier molecular flexibility index (Phi) is 4.53. The van der Waals surface area contributed by atoms with E-state index in [1.807, 2.05) is 26.8 Å². The Morgan fingerprint density at radius 2 is 2.06 bits per heavy atom. The maximum absolute atomic E-state index is 4.52. The van der Waals surface area contributed by atoms with Gasteiger partial charge in [-0.3, -0.25) is 0 Å². The van der Waals surface area contributed by atoms with E-state index in [1.165, 1.54) is 12.1 Å². The minimum atomic E-state index is 0.539. The molecular formula is C14H22N2. The van der Waals surface area contributed by atoms with Crippen molar-refractivity contribution < 1.29 is 0 Å². The lowest BCUT2D eigenvalue weighted by Gasteiger charge is -2.23. The molecular weight excluding hydrogens is 196 g/mol. The van der Waals surface area contributed by atoms with E-state index in [2.05, 4.69) is 35.5 Å². The molecule has 1 atom stereocenters. The summed E-state index contributed by atoms with van der Waals surface area (Å²) in [4.78, 5) is 6.76. The summed E-state index contributed by atoms with van der Waals surface area (Å²) in [5.41, 5.74) is 2.25. The first kappa shape index (κ1) is 12.8. The van der Waals surface area contributed by atoms with E-state index in [0.29, 0.717) is 6.04 Å². The van der Waals surface area contributed by atoms with Crippen LogP contribution in [-0.2, 0) is 0 Å². The standard InChI is InChI=1S/C12H16N2.C2H6/c1-9-5-4-6-12(13-9)14-10(2)7-8-11(14)3;1-2/h4-6,11H,2,7-8H2,1,3H3;1-2H3. The summed E-state index contributed by atoms with van der Waals surface area (Å²) < 4.78 is 0. The fourth-order valence-corrected chi connectivity index (χ4v) is 1.99. The first-order valence-corrected chi connectivity index (χ1v) is 6.09. The molecule has 0 aromatic carbocycles. The lowest BCUT2D eigenvalue weighted by atomic mass is 10.2. The van der Waals surface area contributed by atoms with Crippen LogP contribution < -0.4 is 4.90 Å². The first-order chi connectivity index (χ1) is 7.68. The minimum Gasteiger partial charge on any atom is -0.328 e. The fraction of sp³-hybridized carbons (Fsp3) is 0.500. The fourth-order valence-electron chi connectivity index (χ4n) is 1.99. The van der Waals surface area contributed by atoms with Gasteiger partial charge in [0, 0.05) is 17.4 Å². The average Bonchev–Trinajstić information content (AvgIpc) is 2.61. The molecule has 1 unspecified atom stereocenters. The van der Waals surface area contributed by atoms with Crippen molar-refractivity contribution in [1.29, 1.82) is 0 Å². The van der Waals surface area contributed by atoms with Crippen LogP contribution in [0.3, 0.4) is 0 Å². The molecule has 88 valence electrons. The lowest BCUT2D eigenvalue weighted by molar-refractivity contribution is 0.731. The Morgan fingerprint density at radius 1 is 1.38 bits per heavy atom. The minimum absolute atomic E-state index is 0.539. The van der Waals surface area contributed by atoms with Crippen molar-refractivity contribution in [3.05, 3.63) is 36.2 Å². The molecule has 0 spiro atoms. The van der Waals surface area contributed by atoms with Gasteiger partial charge in [0.15, 0.2) is 0 Å². The summed E-state index contributed by atoms with van der Waals surface area (Å²) in [5, 5.41) is 0. The summed E-state index contributed by atoms with van der Waals surface area (Å²) in [7, 11) is 0. The highest BCUT2D eigenvalue weighted by Gasteiger charge is 2.24. The molecule has 1 aliphatic rings. The number of aromatic nitrogens is 1. The van der Waals surface area contributed by atoms with Crippen LogP contribution in [0, 0.1) is 6.92 Å². The molecule has 2 nitrogen and oxygen atoms in total.